The van der Waals surface area contributed by atoms with Gasteiger partial charge >= 0.3 is 6.07 Å². The van der Waals surface area contributed by atoms with E-state index in [2.05, 4.69) is 6.92 Å². The van der Waals surface area contributed by atoms with Gasteiger partial charge in [-0.2, -0.15) is 0 Å². The SMILES string of the molecule is CCCCCCCCCCCCCCCOP(=O)(Cl)Cl. The third-order valence-electron chi connectivity index (χ3n) is 3.49. The Balaban J connectivity index is 3.01. The summed E-state index contributed by atoms with van der Waals surface area (Å²) in [7, 11) is 0. The molecule has 0 atom stereocenters. The van der Waals surface area contributed by atoms with Crippen LogP contribution in [0.25, 0.3) is 0 Å². The topological polar surface area (TPSA) is 26.3 Å². The first-order valence-corrected chi connectivity index (χ1v) is 11.6. The van der Waals surface area contributed by atoms with Gasteiger partial charge in [0.2, 0.25) is 0 Å². The Hall–Kier alpha value is 0.770. The molecule has 0 aliphatic rings. The van der Waals surface area contributed by atoms with Gasteiger partial charge in [-0.1, -0.05) is 84.0 Å². The van der Waals surface area contributed by atoms with Gasteiger partial charge in [0.25, 0.3) is 0 Å². The summed E-state index contributed by atoms with van der Waals surface area (Å²) in [5, 5.41) is 0. The molecule has 0 rings (SSSR count). The zero-order valence-corrected chi connectivity index (χ0v) is 15.3. The van der Waals surface area contributed by atoms with Gasteiger partial charge in [0.15, 0.2) is 0 Å². The lowest BCUT2D eigenvalue weighted by Crippen LogP contribution is -1.88. The number of unbranched alkanes of at least 4 members (excludes halogenated alkanes) is 12. The van der Waals surface area contributed by atoms with E-state index in [0.29, 0.717) is 6.61 Å². The summed E-state index contributed by atoms with van der Waals surface area (Å²) >= 11 is 10.6. The van der Waals surface area contributed by atoms with E-state index in [4.69, 9.17) is 27.0 Å². The average molecular weight is 345 g/mol. The fourth-order valence-corrected chi connectivity index (χ4v) is 3.05. The van der Waals surface area contributed by atoms with Crippen molar-refractivity contribution >= 4 is 28.6 Å². The summed E-state index contributed by atoms with van der Waals surface area (Å²) in [4.78, 5) is 0. The molecule has 0 saturated carbocycles. The van der Waals surface area contributed by atoms with Crippen LogP contribution in [0.15, 0.2) is 0 Å². The van der Waals surface area contributed by atoms with Crippen LogP contribution in [0.3, 0.4) is 0 Å². The second kappa shape index (κ2) is 14.7. The summed E-state index contributed by atoms with van der Waals surface area (Å²) < 4.78 is 15.7. The van der Waals surface area contributed by atoms with E-state index in [9.17, 15) is 4.57 Å². The smallest absolute Gasteiger partial charge is 0.306 e. The molecule has 122 valence electrons. The van der Waals surface area contributed by atoms with Crippen molar-refractivity contribution in [2.24, 2.45) is 0 Å². The molecule has 0 unspecified atom stereocenters. The minimum atomic E-state index is -3.31. The Bertz CT molecular complexity index is 244. The fraction of sp³-hybridized carbons (Fsp3) is 1.00. The van der Waals surface area contributed by atoms with Gasteiger partial charge < -0.3 is 4.52 Å². The highest BCUT2D eigenvalue weighted by molar-refractivity contribution is 8.05. The lowest BCUT2D eigenvalue weighted by Gasteiger charge is -2.04. The van der Waals surface area contributed by atoms with E-state index >= 15 is 0 Å². The highest BCUT2D eigenvalue weighted by Crippen LogP contribution is 2.57. The number of rotatable bonds is 15. The van der Waals surface area contributed by atoms with Crippen LogP contribution in [0.1, 0.15) is 90.4 Å². The second-order valence-corrected chi connectivity index (χ2v) is 9.77. The third kappa shape index (κ3) is 18.8. The number of hydrogen-bond acceptors (Lipinski definition) is 2. The molecule has 20 heavy (non-hydrogen) atoms. The van der Waals surface area contributed by atoms with Crippen LogP contribution in [0.4, 0.5) is 0 Å². The maximum Gasteiger partial charge on any atom is 0.380 e. The van der Waals surface area contributed by atoms with Crippen LogP contribution in [0, 0.1) is 0 Å². The quantitative estimate of drug-likeness (QED) is 0.225. The highest BCUT2D eigenvalue weighted by Gasteiger charge is 2.12. The van der Waals surface area contributed by atoms with Crippen LogP contribution in [0.2, 0.25) is 0 Å². The Kier molecular flexibility index (Phi) is 15.3. The average Bonchev–Trinajstić information content (AvgIpc) is 2.38. The van der Waals surface area contributed by atoms with Gasteiger partial charge in [-0.25, -0.2) is 0 Å². The molecule has 0 spiro atoms. The molecule has 0 aromatic heterocycles. The van der Waals surface area contributed by atoms with Gasteiger partial charge in [-0.15, -0.1) is 0 Å². The standard InChI is InChI=1S/C15H31Cl2O2P/c1-2-3-4-5-6-7-8-9-10-11-12-13-14-15-19-20(16,17)18/h2-15H2,1H3. The van der Waals surface area contributed by atoms with Crippen LogP contribution < -0.4 is 0 Å². The van der Waals surface area contributed by atoms with E-state index < -0.39 is 6.07 Å². The Morgan fingerprint density at radius 3 is 1.40 bits per heavy atom. The molecule has 0 heterocycles. The molecule has 0 radical (unpaired) electrons. The maximum atomic E-state index is 10.8. The zero-order valence-electron chi connectivity index (χ0n) is 12.9. The minimum absolute atomic E-state index is 0.405. The summed E-state index contributed by atoms with van der Waals surface area (Å²) in [5.74, 6) is 0. The van der Waals surface area contributed by atoms with Crippen LogP contribution in [-0.2, 0) is 9.09 Å². The summed E-state index contributed by atoms with van der Waals surface area (Å²) in [6.07, 6.45) is 13.6. The predicted molar refractivity (Wildman–Crippen MR) is 91.0 cm³/mol. The van der Waals surface area contributed by atoms with Crippen molar-refractivity contribution in [2.45, 2.75) is 90.4 Å². The molecule has 0 aromatic carbocycles. The molecule has 2 nitrogen and oxygen atoms in total. The first kappa shape index (κ1) is 20.8. The monoisotopic (exact) mass is 344 g/mol. The molecule has 0 bridgehead atoms. The van der Waals surface area contributed by atoms with Gasteiger partial charge in [-0.05, 0) is 28.9 Å². The van der Waals surface area contributed by atoms with Gasteiger partial charge in [-0.3, -0.25) is 4.57 Å². The second-order valence-electron chi connectivity index (χ2n) is 5.49. The molecule has 0 fully saturated rings. The van der Waals surface area contributed by atoms with E-state index in [1.54, 1.807) is 0 Å². The molecule has 0 saturated heterocycles. The molecular weight excluding hydrogens is 314 g/mol. The fourth-order valence-electron chi connectivity index (χ4n) is 2.29. The van der Waals surface area contributed by atoms with Crippen molar-refractivity contribution < 1.29 is 9.09 Å². The summed E-state index contributed by atoms with van der Waals surface area (Å²) in [6, 6.07) is 0. The largest absolute Gasteiger partial charge is 0.380 e. The normalized spacial score (nSPS) is 11.9. The summed E-state index contributed by atoms with van der Waals surface area (Å²) in [5.41, 5.74) is 0. The van der Waals surface area contributed by atoms with E-state index in [-0.39, 0.29) is 0 Å². The molecular formula is C15H31Cl2O2P. The van der Waals surface area contributed by atoms with Crippen molar-refractivity contribution in [1.29, 1.82) is 0 Å². The van der Waals surface area contributed by atoms with Crippen LogP contribution >= 0.6 is 28.6 Å². The van der Waals surface area contributed by atoms with E-state index in [1.165, 1.54) is 70.6 Å². The Labute approximate surface area is 135 Å². The number of hydrogen-bond donors (Lipinski definition) is 0. The molecule has 0 aliphatic heterocycles. The van der Waals surface area contributed by atoms with E-state index in [1.807, 2.05) is 0 Å². The van der Waals surface area contributed by atoms with Crippen molar-refractivity contribution in [3.8, 4) is 0 Å². The third-order valence-corrected chi connectivity index (χ3v) is 4.56. The summed E-state index contributed by atoms with van der Waals surface area (Å²) in [6.45, 7) is 2.66. The predicted octanol–water partition coefficient (Wildman–Crippen LogP) is 7.68. The minimum Gasteiger partial charge on any atom is -0.306 e. The van der Waals surface area contributed by atoms with Gasteiger partial charge in [0.05, 0.1) is 6.61 Å². The Morgan fingerprint density at radius 1 is 0.700 bits per heavy atom. The van der Waals surface area contributed by atoms with Gasteiger partial charge in [0, 0.05) is 0 Å². The molecule has 0 aliphatic carbocycles. The maximum absolute atomic E-state index is 10.8. The lowest BCUT2D eigenvalue weighted by atomic mass is 10.0. The van der Waals surface area contributed by atoms with Crippen LogP contribution in [-0.4, -0.2) is 6.61 Å². The van der Waals surface area contributed by atoms with Crippen LogP contribution in [0.5, 0.6) is 0 Å². The molecule has 0 N–H and O–H groups in total. The zero-order chi connectivity index (χ0) is 15.1. The van der Waals surface area contributed by atoms with Gasteiger partial charge in [0.1, 0.15) is 0 Å². The van der Waals surface area contributed by atoms with Crippen molar-refractivity contribution in [2.75, 3.05) is 6.61 Å². The van der Waals surface area contributed by atoms with Crippen molar-refractivity contribution in [3.05, 3.63) is 0 Å². The Morgan fingerprint density at radius 2 is 1.05 bits per heavy atom. The van der Waals surface area contributed by atoms with Crippen molar-refractivity contribution in [1.82, 2.24) is 0 Å². The molecule has 0 amide bonds. The molecule has 5 heteroatoms. The first-order valence-electron chi connectivity index (χ1n) is 8.20. The highest BCUT2D eigenvalue weighted by atomic mass is 35.9. The molecule has 0 aromatic rings. The lowest BCUT2D eigenvalue weighted by molar-refractivity contribution is 0.320. The first-order chi connectivity index (χ1) is 9.56. The van der Waals surface area contributed by atoms with E-state index in [0.717, 1.165) is 12.8 Å². The number of halogens is 2. The van der Waals surface area contributed by atoms with Crippen molar-refractivity contribution in [3.63, 3.8) is 0 Å².